The Balaban J connectivity index is 1.77. The van der Waals surface area contributed by atoms with Gasteiger partial charge in [-0.05, 0) is 36.1 Å². The molecule has 2 aromatic carbocycles. The number of para-hydroxylation sites is 1. The highest BCUT2D eigenvalue weighted by Crippen LogP contribution is 2.42. The summed E-state index contributed by atoms with van der Waals surface area (Å²) in [6.07, 6.45) is 2.62. The predicted octanol–water partition coefficient (Wildman–Crippen LogP) is 4.25. The van der Waals surface area contributed by atoms with Crippen molar-refractivity contribution >= 4 is 21.6 Å². The summed E-state index contributed by atoms with van der Waals surface area (Å²) in [6.45, 7) is 0. The molecule has 0 amide bonds. The Morgan fingerprint density at radius 3 is 2.81 bits per heavy atom. The molecule has 21 heavy (non-hydrogen) atoms. The number of fused-ring (bicyclic) bond motifs is 2. The van der Waals surface area contributed by atoms with Crippen LogP contribution in [0.1, 0.15) is 22.6 Å². The first-order chi connectivity index (χ1) is 10.3. The van der Waals surface area contributed by atoms with Crippen molar-refractivity contribution in [1.82, 2.24) is 4.98 Å². The van der Waals surface area contributed by atoms with E-state index in [2.05, 4.69) is 30.3 Å². The van der Waals surface area contributed by atoms with Gasteiger partial charge in [0.25, 0.3) is 0 Å². The number of hydrogen-bond donors (Lipinski definition) is 0. The van der Waals surface area contributed by atoms with Crippen molar-refractivity contribution in [2.24, 2.45) is 0 Å². The molecule has 1 heterocycles. The van der Waals surface area contributed by atoms with Crippen molar-refractivity contribution in [3.05, 3.63) is 64.7 Å². The van der Waals surface area contributed by atoms with Crippen LogP contribution in [-0.2, 0) is 18.3 Å². The Labute approximate surface area is 127 Å². The van der Waals surface area contributed by atoms with Crippen LogP contribution in [0, 0.1) is 11.3 Å². The summed E-state index contributed by atoms with van der Waals surface area (Å²) in [5.74, 6) is 0. The van der Waals surface area contributed by atoms with Gasteiger partial charge in [-0.25, -0.2) is 4.98 Å². The molecule has 0 radical (unpaired) electrons. The Bertz CT molecular complexity index is 826. The normalized spacial score (nSPS) is 20.3. The van der Waals surface area contributed by atoms with Crippen molar-refractivity contribution < 1.29 is 0 Å². The average Bonchev–Trinajstić information content (AvgIpc) is 3.09. The first kappa shape index (κ1) is 12.6. The van der Waals surface area contributed by atoms with E-state index in [1.807, 2.05) is 24.3 Å². The fourth-order valence-corrected chi connectivity index (χ4v) is 4.36. The summed E-state index contributed by atoms with van der Waals surface area (Å²) in [7, 11) is 0. The predicted molar refractivity (Wildman–Crippen MR) is 85.4 cm³/mol. The van der Waals surface area contributed by atoms with Crippen LogP contribution in [-0.4, -0.2) is 4.98 Å². The van der Waals surface area contributed by atoms with Gasteiger partial charge < -0.3 is 0 Å². The molecule has 0 aliphatic heterocycles. The van der Waals surface area contributed by atoms with Crippen LogP contribution in [0.15, 0.2) is 48.5 Å². The average molecular weight is 290 g/mol. The summed E-state index contributed by atoms with van der Waals surface area (Å²) < 4.78 is 1.20. The Hall–Kier alpha value is -2.18. The lowest BCUT2D eigenvalue weighted by Gasteiger charge is -2.20. The Kier molecular flexibility index (Phi) is 2.80. The molecule has 0 saturated heterocycles. The lowest BCUT2D eigenvalue weighted by molar-refractivity contribution is 0.540. The highest BCUT2D eigenvalue weighted by Gasteiger charge is 2.39. The van der Waals surface area contributed by atoms with E-state index in [4.69, 9.17) is 4.98 Å². The molecule has 0 saturated carbocycles. The molecule has 3 heteroatoms. The minimum Gasteiger partial charge on any atom is -0.241 e. The van der Waals surface area contributed by atoms with Crippen LogP contribution in [0.5, 0.6) is 0 Å². The number of aryl methyl sites for hydroxylation is 1. The zero-order valence-corrected chi connectivity index (χ0v) is 12.4. The highest BCUT2D eigenvalue weighted by molar-refractivity contribution is 7.18. The second-order valence-electron chi connectivity index (χ2n) is 5.60. The molecule has 0 fully saturated rings. The van der Waals surface area contributed by atoms with E-state index < -0.39 is 5.41 Å². The summed E-state index contributed by atoms with van der Waals surface area (Å²) in [6, 6.07) is 19.1. The molecular weight excluding hydrogens is 276 g/mol. The lowest BCUT2D eigenvalue weighted by Crippen LogP contribution is -2.23. The van der Waals surface area contributed by atoms with Gasteiger partial charge in [0, 0.05) is 6.42 Å². The SMILES string of the molecule is N#CC1(Cc2nc3ccccc3s2)CCc2ccccc21. The Morgan fingerprint density at radius 1 is 1.14 bits per heavy atom. The van der Waals surface area contributed by atoms with Gasteiger partial charge in [-0.2, -0.15) is 5.26 Å². The molecule has 1 aliphatic rings. The maximum Gasteiger partial charge on any atom is 0.0957 e. The monoisotopic (exact) mass is 290 g/mol. The van der Waals surface area contributed by atoms with Gasteiger partial charge in [-0.3, -0.25) is 0 Å². The van der Waals surface area contributed by atoms with Crippen LogP contribution < -0.4 is 0 Å². The second kappa shape index (κ2) is 4.68. The number of aromatic nitrogens is 1. The minimum atomic E-state index is -0.398. The van der Waals surface area contributed by atoms with Gasteiger partial charge >= 0.3 is 0 Å². The maximum atomic E-state index is 9.83. The standard InChI is InChI=1S/C18H14N2S/c19-12-18(10-9-13-5-1-2-6-14(13)18)11-17-20-15-7-3-4-8-16(15)21-17/h1-8H,9-11H2. The van der Waals surface area contributed by atoms with Crippen molar-refractivity contribution in [3.8, 4) is 6.07 Å². The molecule has 1 unspecified atom stereocenters. The molecular formula is C18H14N2S. The highest BCUT2D eigenvalue weighted by atomic mass is 32.1. The largest absolute Gasteiger partial charge is 0.241 e. The lowest BCUT2D eigenvalue weighted by atomic mass is 9.80. The summed E-state index contributed by atoms with van der Waals surface area (Å²) in [5.41, 5.74) is 3.16. The fourth-order valence-electron chi connectivity index (χ4n) is 3.28. The zero-order chi connectivity index (χ0) is 14.3. The van der Waals surface area contributed by atoms with Crippen molar-refractivity contribution in [3.63, 3.8) is 0 Å². The molecule has 3 aromatic rings. The molecule has 1 aliphatic carbocycles. The van der Waals surface area contributed by atoms with E-state index in [-0.39, 0.29) is 0 Å². The Morgan fingerprint density at radius 2 is 1.95 bits per heavy atom. The first-order valence-electron chi connectivity index (χ1n) is 7.15. The quantitative estimate of drug-likeness (QED) is 0.707. The zero-order valence-electron chi connectivity index (χ0n) is 11.5. The maximum absolute atomic E-state index is 9.83. The van der Waals surface area contributed by atoms with Crippen LogP contribution in [0.4, 0.5) is 0 Å². The van der Waals surface area contributed by atoms with Gasteiger partial charge in [0.05, 0.1) is 26.7 Å². The van der Waals surface area contributed by atoms with E-state index in [1.165, 1.54) is 15.8 Å². The minimum absolute atomic E-state index is 0.398. The molecule has 1 atom stereocenters. The van der Waals surface area contributed by atoms with Gasteiger partial charge in [-0.1, -0.05) is 36.4 Å². The summed E-state index contributed by atoms with van der Waals surface area (Å²) in [5, 5.41) is 10.9. The third-order valence-corrected chi connectivity index (χ3v) is 5.40. The van der Waals surface area contributed by atoms with Crippen LogP contribution in [0.3, 0.4) is 0 Å². The van der Waals surface area contributed by atoms with E-state index >= 15 is 0 Å². The van der Waals surface area contributed by atoms with Gasteiger partial charge in [-0.15, -0.1) is 11.3 Å². The second-order valence-corrected chi connectivity index (χ2v) is 6.72. The van der Waals surface area contributed by atoms with Crippen molar-refractivity contribution in [2.75, 3.05) is 0 Å². The van der Waals surface area contributed by atoms with Crippen molar-refractivity contribution in [2.45, 2.75) is 24.7 Å². The third-order valence-electron chi connectivity index (χ3n) is 4.36. The summed E-state index contributed by atoms with van der Waals surface area (Å²) >= 11 is 1.71. The van der Waals surface area contributed by atoms with Gasteiger partial charge in [0.2, 0.25) is 0 Å². The van der Waals surface area contributed by atoms with E-state index in [9.17, 15) is 5.26 Å². The number of nitriles is 1. The number of benzene rings is 2. The fraction of sp³-hybridized carbons (Fsp3) is 0.222. The molecule has 1 aromatic heterocycles. The number of nitrogens with zero attached hydrogens (tertiary/aromatic N) is 2. The number of hydrogen-bond acceptors (Lipinski definition) is 3. The smallest absolute Gasteiger partial charge is 0.0957 e. The molecule has 0 N–H and O–H groups in total. The van der Waals surface area contributed by atoms with Crippen LogP contribution >= 0.6 is 11.3 Å². The summed E-state index contributed by atoms with van der Waals surface area (Å²) in [4.78, 5) is 4.71. The van der Waals surface area contributed by atoms with Gasteiger partial charge in [0.15, 0.2) is 0 Å². The van der Waals surface area contributed by atoms with E-state index in [0.717, 1.165) is 29.8 Å². The topological polar surface area (TPSA) is 36.7 Å². The molecule has 0 bridgehead atoms. The first-order valence-corrected chi connectivity index (χ1v) is 7.96. The molecule has 102 valence electrons. The van der Waals surface area contributed by atoms with Crippen molar-refractivity contribution in [1.29, 1.82) is 5.26 Å². The van der Waals surface area contributed by atoms with Crippen LogP contribution in [0.25, 0.3) is 10.2 Å². The number of thiazole rings is 1. The van der Waals surface area contributed by atoms with E-state index in [1.54, 1.807) is 11.3 Å². The molecule has 4 rings (SSSR count). The molecule has 0 spiro atoms. The molecule has 2 nitrogen and oxygen atoms in total. The number of rotatable bonds is 2. The van der Waals surface area contributed by atoms with Crippen LogP contribution in [0.2, 0.25) is 0 Å². The third kappa shape index (κ3) is 1.95. The van der Waals surface area contributed by atoms with E-state index in [0.29, 0.717) is 0 Å². The van der Waals surface area contributed by atoms with Gasteiger partial charge in [0.1, 0.15) is 0 Å².